The van der Waals surface area contributed by atoms with Crippen molar-refractivity contribution in [2.75, 3.05) is 20.3 Å². The van der Waals surface area contributed by atoms with Crippen molar-refractivity contribution in [1.82, 2.24) is 5.01 Å². The van der Waals surface area contributed by atoms with Gasteiger partial charge in [-0.3, -0.25) is 5.01 Å². The Balaban J connectivity index is 1.69. The minimum absolute atomic E-state index is 0.188. The number of benzene rings is 2. The van der Waals surface area contributed by atoms with Crippen LogP contribution in [0.2, 0.25) is 0 Å². The average Bonchev–Trinajstić information content (AvgIpc) is 3.18. The van der Waals surface area contributed by atoms with Crippen LogP contribution in [0.1, 0.15) is 50.3 Å². The lowest BCUT2D eigenvalue weighted by Crippen LogP contribution is -2.29. The Kier molecular flexibility index (Phi) is 8.41. The molecule has 0 unspecified atom stereocenters. The van der Waals surface area contributed by atoms with E-state index >= 15 is 0 Å². The molecule has 1 heterocycles. The van der Waals surface area contributed by atoms with Gasteiger partial charge in [-0.2, -0.15) is 5.10 Å². The number of nitrogens with zero attached hydrogens (tertiary/aromatic N) is 2. The van der Waals surface area contributed by atoms with Crippen molar-refractivity contribution >= 4 is 18.0 Å². The van der Waals surface area contributed by atoms with Gasteiger partial charge >= 0.3 is 0 Å². The molecule has 2 atom stereocenters. The summed E-state index contributed by atoms with van der Waals surface area (Å²) in [6.07, 6.45) is 5.52. The van der Waals surface area contributed by atoms with Crippen molar-refractivity contribution in [3.63, 3.8) is 0 Å². The SMILES string of the molecule is COC[C@@H]1CCCN1/N=C/[C@@H](Cc1ccc(C(C)(C)C)cc1)SCc1ccccc1. The molecule has 1 aliphatic heterocycles. The monoisotopic (exact) mass is 424 g/mol. The van der Waals surface area contributed by atoms with Gasteiger partial charge in [0.25, 0.3) is 0 Å². The molecule has 3 rings (SSSR count). The molecule has 1 aliphatic rings. The second-order valence-corrected chi connectivity index (χ2v) is 10.4. The molecule has 0 amide bonds. The van der Waals surface area contributed by atoms with E-state index in [1.165, 1.54) is 29.5 Å². The Labute approximate surface area is 186 Å². The number of rotatable bonds is 9. The molecule has 3 nitrogen and oxygen atoms in total. The first-order valence-corrected chi connectivity index (χ1v) is 12.0. The zero-order valence-corrected chi connectivity index (χ0v) is 19.7. The Morgan fingerprint density at radius 3 is 2.50 bits per heavy atom. The van der Waals surface area contributed by atoms with Crippen LogP contribution in [0.4, 0.5) is 0 Å². The van der Waals surface area contributed by atoms with Crippen LogP contribution in [0.5, 0.6) is 0 Å². The van der Waals surface area contributed by atoms with Gasteiger partial charge in [-0.05, 0) is 41.4 Å². The maximum Gasteiger partial charge on any atom is 0.0704 e. The summed E-state index contributed by atoms with van der Waals surface area (Å²) in [5.41, 5.74) is 4.30. The summed E-state index contributed by atoms with van der Waals surface area (Å²) in [7, 11) is 1.78. The molecule has 0 radical (unpaired) electrons. The minimum Gasteiger partial charge on any atom is -0.382 e. The van der Waals surface area contributed by atoms with Gasteiger partial charge in [0.2, 0.25) is 0 Å². The Morgan fingerprint density at radius 1 is 1.10 bits per heavy atom. The van der Waals surface area contributed by atoms with Crippen LogP contribution in [-0.4, -0.2) is 42.8 Å². The maximum absolute atomic E-state index is 5.38. The second-order valence-electron chi connectivity index (χ2n) is 9.17. The summed E-state index contributed by atoms with van der Waals surface area (Å²) >= 11 is 1.97. The van der Waals surface area contributed by atoms with E-state index in [1.54, 1.807) is 7.11 Å². The van der Waals surface area contributed by atoms with Crippen molar-refractivity contribution in [3.8, 4) is 0 Å². The molecule has 1 saturated heterocycles. The predicted molar refractivity (Wildman–Crippen MR) is 130 cm³/mol. The number of hydrazone groups is 1. The summed E-state index contributed by atoms with van der Waals surface area (Å²) < 4.78 is 5.38. The van der Waals surface area contributed by atoms with Crippen LogP contribution < -0.4 is 0 Å². The second kappa shape index (κ2) is 11.0. The maximum atomic E-state index is 5.38. The smallest absolute Gasteiger partial charge is 0.0704 e. The molecule has 0 spiro atoms. The highest BCUT2D eigenvalue weighted by atomic mass is 32.2. The minimum atomic E-state index is 0.188. The number of methoxy groups -OCH3 is 1. The van der Waals surface area contributed by atoms with Crippen LogP contribution in [0.3, 0.4) is 0 Å². The number of hydrogen-bond acceptors (Lipinski definition) is 4. The van der Waals surface area contributed by atoms with Gasteiger partial charge in [-0.25, -0.2) is 0 Å². The van der Waals surface area contributed by atoms with E-state index in [2.05, 4.69) is 86.6 Å². The third-order valence-corrected chi connectivity index (χ3v) is 6.87. The molecule has 162 valence electrons. The first-order valence-electron chi connectivity index (χ1n) is 11.0. The van der Waals surface area contributed by atoms with Crippen molar-refractivity contribution < 1.29 is 4.74 Å². The fourth-order valence-corrected chi connectivity index (χ4v) is 4.85. The highest BCUT2D eigenvalue weighted by Crippen LogP contribution is 2.25. The van der Waals surface area contributed by atoms with Crippen molar-refractivity contribution in [1.29, 1.82) is 0 Å². The van der Waals surface area contributed by atoms with Crippen LogP contribution >= 0.6 is 11.8 Å². The average molecular weight is 425 g/mol. The van der Waals surface area contributed by atoms with Crippen molar-refractivity contribution in [3.05, 3.63) is 71.3 Å². The van der Waals surface area contributed by atoms with Gasteiger partial charge in [0, 0.05) is 30.9 Å². The molecule has 0 N–H and O–H groups in total. The van der Waals surface area contributed by atoms with Gasteiger partial charge in [-0.15, -0.1) is 11.8 Å². The van der Waals surface area contributed by atoms with Crippen molar-refractivity contribution in [2.45, 2.75) is 62.5 Å². The van der Waals surface area contributed by atoms with Gasteiger partial charge in [0.1, 0.15) is 0 Å². The third-order valence-electron chi connectivity index (χ3n) is 5.65. The molecule has 0 aromatic heterocycles. The molecule has 30 heavy (non-hydrogen) atoms. The largest absolute Gasteiger partial charge is 0.382 e. The van der Waals surface area contributed by atoms with E-state index in [9.17, 15) is 0 Å². The lowest BCUT2D eigenvalue weighted by Gasteiger charge is -2.22. The standard InChI is InChI=1S/C26H36N2OS/c1-26(2,3)23-14-12-21(13-15-23)17-25(30-20-22-9-6-5-7-10-22)18-27-28-16-8-11-24(28)19-29-4/h5-7,9-10,12-15,18,24-25H,8,11,16-17,19-20H2,1-4H3/b27-18+/t24-,25+/m0/s1. The zero-order valence-electron chi connectivity index (χ0n) is 18.9. The van der Waals surface area contributed by atoms with Crippen LogP contribution in [0.15, 0.2) is 59.7 Å². The Bertz CT molecular complexity index is 783. The van der Waals surface area contributed by atoms with E-state index in [0.29, 0.717) is 11.3 Å². The molecule has 0 bridgehead atoms. The van der Waals surface area contributed by atoms with E-state index in [-0.39, 0.29) is 5.41 Å². The van der Waals surface area contributed by atoms with Crippen LogP contribution in [-0.2, 0) is 22.3 Å². The summed E-state index contributed by atoms with van der Waals surface area (Å²) in [6.45, 7) is 8.58. The van der Waals surface area contributed by atoms with Crippen LogP contribution in [0, 0.1) is 0 Å². The third kappa shape index (κ3) is 6.88. The van der Waals surface area contributed by atoms with E-state index in [1.807, 2.05) is 11.8 Å². The fourth-order valence-electron chi connectivity index (χ4n) is 3.80. The normalized spacial score (nSPS) is 18.3. The molecular formula is C26H36N2OS. The lowest BCUT2D eigenvalue weighted by atomic mass is 9.86. The van der Waals surface area contributed by atoms with E-state index < -0.39 is 0 Å². The van der Waals surface area contributed by atoms with Crippen LogP contribution in [0.25, 0.3) is 0 Å². The topological polar surface area (TPSA) is 24.8 Å². The van der Waals surface area contributed by atoms with Crippen molar-refractivity contribution in [2.24, 2.45) is 5.10 Å². The highest BCUT2D eigenvalue weighted by Gasteiger charge is 2.23. The van der Waals surface area contributed by atoms with Gasteiger partial charge in [0.15, 0.2) is 0 Å². The summed E-state index contributed by atoms with van der Waals surface area (Å²) in [5, 5.41) is 7.46. The molecule has 2 aromatic rings. The summed E-state index contributed by atoms with van der Waals surface area (Å²) in [6, 6.07) is 20.3. The first-order chi connectivity index (χ1) is 14.5. The summed E-state index contributed by atoms with van der Waals surface area (Å²) in [5.74, 6) is 0.999. The highest BCUT2D eigenvalue weighted by molar-refractivity contribution is 7.99. The molecular weight excluding hydrogens is 388 g/mol. The number of hydrogen-bond donors (Lipinski definition) is 0. The Hall–Kier alpha value is -1.78. The molecule has 4 heteroatoms. The quantitative estimate of drug-likeness (QED) is 0.467. The number of ether oxygens (including phenoxy) is 1. The van der Waals surface area contributed by atoms with Gasteiger partial charge < -0.3 is 4.74 Å². The first kappa shape index (κ1) is 22.9. The molecule has 1 fully saturated rings. The van der Waals surface area contributed by atoms with Gasteiger partial charge in [0.05, 0.1) is 12.6 Å². The van der Waals surface area contributed by atoms with Gasteiger partial charge in [-0.1, -0.05) is 75.4 Å². The van der Waals surface area contributed by atoms with E-state index in [0.717, 1.165) is 25.3 Å². The fraction of sp³-hybridized carbons (Fsp3) is 0.500. The molecule has 2 aromatic carbocycles. The molecule has 0 aliphatic carbocycles. The van der Waals surface area contributed by atoms with E-state index in [4.69, 9.17) is 9.84 Å². The summed E-state index contributed by atoms with van der Waals surface area (Å²) in [4.78, 5) is 0. The lowest BCUT2D eigenvalue weighted by molar-refractivity contribution is 0.118. The molecule has 0 saturated carbocycles. The zero-order chi connectivity index (χ0) is 21.4. The Morgan fingerprint density at radius 2 is 1.83 bits per heavy atom. The number of thioether (sulfide) groups is 1. The predicted octanol–water partition coefficient (Wildman–Crippen LogP) is 5.93.